The first kappa shape index (κ1) is 9.24. The minimum Gasteiger partial charge on any atom is -0.481 e. The van der Waals surface area contributed by atoms with Gasteiger partial charge in [-0.15, -0.1) is 0 Å². The van der Waals surface area contributed by atoms with Crippen LogP contribution in [0.4, 0.5) is 0 Å². The van der Waals surface area contributed by atoms with Gasteiger partial charge in [0.1, 0.15) is 11.7 Å². The lowest BCUT2D eigenvalue weighted by molar-refractivity contribution is -0.138. The van der Waals surface area contributed by atoms with Crippen LogP contribution < -0.4 is 0 Å². The van der Waals surface area contributed by atoms with E-state index in [4.69, 9.17) is 5.11 Å². The Morgan fingerprint density at radius 3 is 2.86 bits per heavy atom. The van der Waals surface area contributed by atoms with Gasteiger partial charge in [-0.2, -0.15) is 0 Å². The first-order valence-corrected chi connectivity index (χ1v) is 4.85. The maximum absolute atomic E-state index is 10.8. The fourth-order valence-corrected chi connectivity index (χ4v) is 1.71. The smallest absolute Gasteiger partial charge is 0.313 e. The number of carboxylic acid groups (broad SMARTS) is 1. The average molecular weight is 194 g/mol. The van der Waals surface area contributed by atoms with Crippen LogP contribution in [0.5, 0.6) is 0 Å². The molecule has 4 heteroatoms. The van der Waals surface area contributed by atoms with E-state index in [1.165, 1.54) is 18.5 Å². The topological polar surface area (TPSA) is 55.1 Å². The normalized spacial score (nSPS) is 18.1. The molecule has 1 aliphatic rings. The van der Waals surface area contributed by atoms with Gasteiger partial charge < -0.3 is 9.67 Å². The van der Waals surface area contributed by atoms with Crippen LogP contribution >= 0.6 is 0 Å². The van der Waals surface area contributed by atoms with Gasteiger partial charge in [0.15, 0.2) is 0 Å². The van der Waals surface area contributed by atoms with Crippen LogP contribution in [0, 0.1) is 0 Å². The highest BCUT2D eigenvalue weighted by Crippen LogP contribution is 2.40. The van der Waals surface area contributed by atoms with Crippen molar-refractivity contribution in [3.8, 4) is 0 Å². The van der Waals surface area contributed by atoms with E-state index in [0.717, 1.165) is 0 Å². The molecule has 1 aromatic heterocycles. The van der Waals surface area contributed by atoms with Crippen molar-refractivity contribution in [3.63, 3.8) is 0 Å². The monoisotopic (exact) mass is 194 g/mol. The SMILES string of the molecule is CC(C(=O)O)c1ncc(C2CC2)n1C. The zero-order chi connectivity index (χ0) is 10.3. The third-order valence-corrected chi connectivity index (χ3v) is 2.81. The number of hydrogen-bond donors (Lipinski definition) is 1. The lowest BCUT2D eigenvalue weighted by Gasteiger charge is -2.07. The van der Waals surface area contributed by atoms with Crippen molar-refractivity contribution < 1.29 is 9.90 Å². The summed E-state index contributed by atoms with van der Waals surface area (Å²) < 4.78 is 1.93. The number of imidazole rings is 1. The Hall–Kier alpha value is -1.32. The summed E-state index contributed by atoms with van der Waals surface area (Å²) in [5.74, 6) is -0.0739. The van der Waals surface area contributed by atoms with Gasteiger partial charge in [0.05, 0.1) is 0 Å². The standard InChI is InChI=1S/C10H14N2O2/c1-6(10(13)14)9-11-5-8(12(9)2)7-3-4-7/h5-7H,3-4H2,1-2H3,(H,13,14). The minimum atomic E-state index is -0.818. The minimum absolute atomic E-state index is 0.521. The Balaban J connectivity index is 2.30. The number of aliphatic carboxylic acids is 1. The molecular weight excluding hydrogens is 180 g/mol. The molecule has 14 heavy (non-hydrogen) atoms. The molecule has 1 aliphatic carbocycles. The maximum Gasteiger partial charge on any atom is 0.313 e. The summed E-state index contributed by atoms with van der Waals surface area (Å²) in [5, 5.41) is 8.87. The molecule has 0 saturated heterocycles. The fourth-order valence-electron chi connectivity index (χ4n) is 1.71. The van der Waals surface area contributed by atoms with Crippen LogP contribution in [0.3, 0.4) is 0 Å². The molecule has 0 aromatic carbocycles. The number of carboxylic acids is 1. The molecule has 0 radical (unpaired) electrons. The van der Waals surface area contributed by atoms with Crippen molar-refractivity contribution >= 4 is 5.97 Å². The molecular formula is C10H14N2O2. The van der Waals surface area contributed by atoms with E-state index in [0.29, 0.717) is 11.7 Å². The van der Waals surface area contributed by atoms with Crippen molar-refractivity contribution in [2.24, 2.45) is 7.05 Å². The van der Waals surface area contributed by atoms with Crippen LogP contribution in [0.1, 0.15) is 43.1 Å². The van der Waals surface area contributed by atoms with Gasteiger partial charge in [0.25, 0.3) is 0 Å². The second kappa shape index (κ2) is 3.12. The molecule has 1 heterocycles. The molecule has 76 valence electrons. The lowest BCUT2D eigenvalue weighted by Crippen LogP contribution is -2.13. The molecule has 0 amide bonds. The maximum atomic E-state index is 10.8. The number of aromatic nitrogens is 2. The van der Waals surface area contributed by atoms with Crippen molar-refractivity contribution in [2.45, 2.75) is 31.6 Å². The molecule has 1 atom stereocenters. The highest BCUT2D eigenvalue weighted by atomic mass is 16.4. The average Bonchev–Trinajstić information content (AvgIpc) is 2.89. The van der Waals surface area contributed by atoms with E-state index in [1.807, 2.05) is 17.8 Å². The van der Waals surface area contributed by atoms with Crippen molar-refractivity contribution in [1.29, 1.82) is 0 Å². The molecule has 1 fully saturated rings. The van der Waals surface area contributed by atoms with Gasteiger partial charge in [-0.1, -0.05) is 0 Å². The second-order valence-electron chi connectivity index (χ2n) is 3.93. The second-order valence-corrected chi connectivity index (χ2v) is 3.93. The number of carbonyl (C=O) groups is 1. The summed E-state index contributed by atoms with van der Waals surface area (Å²) in [6.45, 7) is 1.67. The van der Waals surface area contributed by atoms with Crippen molar-refractivity contribution in [3.05, 3.63) is 17.7 Å². The zero-order valence-corrected chi connectivity index (χ0v) is 8.40. The molecule has 2 rings (SSSR count). The summed E-state index contributed by atoms with van der Waals surface area (Å²) in [7, 11) is 1.90. The number of hydrogen-bond acceptors (Lipinski definition) is 2. The summed E-state index contributed by atoms with van der Waals surface area (Å²) in [4.78, 5) is 15.0. The molecule has 1 aromatic rings. The zero-order valence-electron chi connectivity index (χ0n) is 8.40. The van der Waals surface area contributed by atoms with Gasteiger partial charge in [-0.25, -0.2) is 4.98 Å². The molecule has 1 saturated carbocycles. The summed E-state index contributed by atoms with van der Waals surface area (Å²) in [6, 6.07) is 0. The van der Waals surface area contributed by atoms with Crippen LogP contribution in [0.25, 0.3) is 0 Å². The Morgan fingerprint density at radius 1 is 1.71 bits per heavy atom. The van der Waals surface area contributed by atoms with E-state index >= 15 is 0 Å². The van der Waals surface area contributed by atoms with Gasteiger partial charge in [0.2, 0.25) is 0 Å². The lowest BCUT2D eigenvalue weighted by atomic mass is 10.2. The summed E-state index contributed by atoms with van der Waals surface area (Å²) >= 11 is 0. The van der Waals surface area contributed by atoms with E-state index < -0.39 is 11.9 Å². The predicted octanol–water partition coefficient (Wildman–Crippen LogP) is 1.49. The first-order chi connectivity index (χ1) is 6.61. The third kappa shape index (κ3) is 1.41. The molecule has 0 bridgehead atoms. The fraction of sp³-hybridized carbons (Fsp3) is 0.600. The number of rotatable bonds is 3. The van der Waals surface area contributed by atoms with Crippen molar-refractivity contribution in [1.82, 2.24) is 9.55 Å². The number of nitrogens with zero attached hydrogens (tertiary/aromatic N) is 2. The molecule has 0 aliphatic heterocycles. The van der Waals surface area contributed by atoms with Gasteiger partial charge in [-0.3, -0.25) is 4.79 Å². The molecule has 1 N–H and O–H groups in total. The van der Waals surface area contributed by atoms with E-state index in [-0.39, 0.29) is 0 Å². The Morgan fingerprint density at radius 2 is 2.36 bits per heavy atom. The third-order valence-electron chi connectivity index (χ3n) is 2.81. The van der Waals surface area contributed by atoms with Crippen LogP contribution in [0.2, 0.25) is 0 Å². The molecule has 4 nitrogen and oxygen atoms in total. The summed E-state index contributed by atoms with van der Waals surface area (Å²) in [6.07, 6.45) is 4.23. The largest absolute Gasteiger partial charge is 0.481 e. The quantitative estimate of drug-likeness (QED) is 0.793. The molecule has 1 unspecified atom stereocenters. The highest BCUT2D eigenvalue weighted by molar-refractivity contribution is 5.74. The van der Waals surface area contributed by atoms with E-state index in [2.05, 4.69) is 4.98 Å². The van der Waals surface area contributed by atoms with Crippen LogP contribution in [-0.4, -0.2) is 20.6 Å². The van der Waals surface area contributed by atoms with Crippen LogP contribution in [-0.2, 0) is 11.8 Å². The predicted molar refractivity (Wildman–Crippen MR) is 51.2 cm³/mol. The van der Waals surface area contributed by atoms with Crippen molar-refractivity contribution in [2.75, 3.05) is 0 Å². The molecule has 0 spiro atoms. The first-order valence-electron chi connectivity index (χ1n) is 4.85. The van der Waals surface area contributed by atoms with Gasteiger partial charge >= 0.3 is 5.97 Å². The summed E-state index contributed by atoms with van der Waals surface area (Å²) in [5.41, 5.74) is 1.17. The Labute approximate surface area is 82.6 Å². The Bertz CT molecular complexity index is 366. The van der Waals surface area contributed by atoms with E-state index in [1.54, 1.807) is 6.92 Å². The van der Waals surface area contributed by atoms with Crippen LogP contribution in [0.15, 0.2) is 6.20 Å². The van der Waals surface area contributed by atoms with Gasteiger partial charge in [-0.05, 0) is 19.8 Å². The Kier molecular flexibility index (Phi) is 2.06. The van der Waals surface area contributed by atoms with Gasteiger partial charge in [0, 0.05) is 24.9 Å². The highest BCUT2D eigenvalue weighted by Gasteiger charge is 2.29. The van der Waals surface area contributed by atoms with E-state index in [9.17, 15) is 4.79 Å².